The minimum atomic E-state index is -0.612. The number of fused-ring (bicyclic) bond motifs is 1. The molecule has 6 atom stereocenters. The summed E-state index contributed by atoms with van der Waals surface area (Å²) >= 11 is 0. The van der Waals surface area contributed by atoms with Gasteiger partial charge in [-0.15, -0.1) is 0 Å². The number of hydrogen-bond donors (Lipinski definition) is 2. The summed E-state index contributed by atoms with van der Waals surface area (Å²) in [5, 5.41) is 20.3. The third-order valence-electron chi connectivity index (χ3n) is 8.97. The lowest BCUT2D eigenvalue weighted by molar-refractivity contribution is -0.0291. The molecule has 3 nitrogen and oxygen atoms in total. The molecule has 31 heavy (non-hydrogen) atoms. The zero-order valence-electron chi connectivity index (χ0n) is 20.4. The predicted molar refractivity (Wildman–Crippen MR) is 129 cm³/mol. The Balaban J connectivity index is 1.64. The monoisotopic (exact) mass is 430 g/mol. The van der Waals surface area contributed by atoms with Gasteiger partial charge < -0.3 is 14.9 Å². The molecule has 0 amide bonds. The number of hydrogen-bond acceptors (Lipinski definition) is 3. The molecule has 0 saturated heterocycles. The quantitative estimate of drug-likeness (QED) is 0.441. The van der Waals surface area contributed by atoms with Gasteiger partial charge in [0.05, 0.1) is 18.3 Å². The van der Waals surface area contributed by atoms with Gasteiger partial charge in [0, 0.05) is 6.61 Å². The molecule has 3 heteroatoms. The first-order chi connectivity index (χ1) is 14.8. The maximum Gasteiger partial charge on any atom is 0.0809 e. The van der Waals surface area contributed by atoms with E-state index in [0.29, 0.717) is 41.8 Å². The van der Waals surface area contributed by atoms with Gasteiger partial charge in [-0.05, 0) is 87.0 Å². The standard InChI is InChI=1S/C28H46O3/c1-6-21(7-2)14-16-31-20(4)24-12-13-25-23(9-8-15-28(24,25)5)11-10-22-17-26(29)19(3)27(30)18-22/h10-11,20-21,24-27,29-30H,3,6-9,12-18H2,1-2,4-5H3/t20-,24?,25?,26-,27-,28?/m1/s1. The van der Waals surface area contributed by atoms with Crippen LogP contribution in [-0.2, 0) is 4.74 Å². The Bertz CT molecular complexity index is 658. The second kappa shape index (κ2) is 10.8. The van der Waals surface area contributed by atoms with Crippen LogP contribution in [0.1, 0.15) is 91.9 Å². The Kier molecular flexibility index (Phi) is 8.63. The highest BCUT2D eigenvalue weighted by molar-refractivity contribution is 5.29. The Morgan fingerprint density at radius 3 is 2.45 bits per heavy atom. The van der Waals surface area contributed by atoms with Gasteiger partial charge in [0.15, 0.2) is 0 Å². The summed E-state index contributed by atoms with van der Waals surface area (Å²) < 4.78 is 6.40. The first kappa shape index (κ1) is 24.7. The SMILES string of the molecule is C=C1[C@H](O)CC(=CC=C2CCCC3(C)C2CCC3[C@@H](C)OCCC(CC)CC)C[C@H]1O. The van der Waals surface area contributed by atoms with Crippen LogP contribution in [0.5, 0.6) is 0 Å². The molecule has 176 valence electrons. The molecule has 0 aromatic carbocycles. The van der Waals surface area contributed by atoms with Gasteiger partial charge in [-0.25, -0.2) is 0 Å². The summed E-state index contributed by atoms with van der Waals surface area (Å²) in [4.78, 5) is 0. The van der Waals surface area contributed by atoms with Crippen LogP contribution in [0.4, 0.5) is 0 Å². The number of ether oxygens (including phenoxy) is 1. The molecule has 0 spiro atoms. The van der Waals surface area contributed by atoms with Crippen molar-refractivity contribution in [3.63, 3.8) is 0 Å². The van der Waals surface area contributed by atoms with Gasteiger partial charge >= 0.3 is 0 Å². The zero-order chi connectivity index (χ0) is 22.6. The van der Waals surface area contributed by atoms with E-state index in [0.717, 1.165) is 18.1 Å². The van der Waals surface area contributed by atoms with Crippen LogP contribution >= 0.6 is 0 Å². The van der Waals surface area contributed by atoms with E-state index >= 15 is 0 Å². The molecular weight excluding hydrogens is 384 g/mol. The Morgan fingerprint density at radius 2 is 1.81 bits per heavy atom. The van der Waals surface area contributed by atoms with E-state index in [9.17, 15) is 10.2 Å². The number of aliphatic hydroxyl groups excluding tert-OH is 2. The van der Waals surface area contributed by atoms with Crippen LogP contribution in [0, 0.1) is 23.2 Å². The van der Waals surface area contributed by atoms with Gasteiger partial charge in [0.25, 0.3) is 0 Å². The van der Waals surface area contributed by atoms with E-state index in [-0.39, 0.29) is 0 Å². The number of rotatable bonds is 8. The van der Waals surface area contributed by atoms with E-state index < -0.39 is 12.2 Å². The second-order valence-corrected chi connectivity index (χ2v) is 10.7. The summed E-state index contributed by atoms with van der Waals surface area (Å²) in [6.07, 6.45) is 14.8. The van der Waals surface area contributed by atoms with Crippen molar-refractivity contribution in [3.05, 3.63) is 35.5 Å². The van der Waals surface area contributed by atoms with E-state index in [1.54, 1.807) is 5.57 Å². The van der Waals surface area contributed by atoms with Crippen molar-refractivity contribution in [2.24, 2.45) is 23.2 Å². The highest BCUT2D eigenvalue weighted by Crippen LogP contribution is 2.58. The maximum absolute atomic E-state index is 10.1. The average molecular weight is 431 g/mol. The largest absolute Gasteiger partial charge is 0.388 e. The summed E-state index contributed by atoms with van der Waals surface area (Å²) in [6, 6.07) is 0. The molecule has 0 heterocycles. The Hall–Kier alpha value is -0.900. The average Bonchev–Trinajstić information content (AvgIpc) is 3.11. The van der Waals surface area contributed by atoms with Gasteiger partial charge in [-0.2, -0.15) is 0 Å². The normalized spacial score (nSPS) is 36.2. The number of aliphatic hydroxyl groups is 2. The lowest BCUT2D eigenvalue weighted by Crippen LogP contribution is -2.38. The lowest BCUT2D eigenvalue weighted by Gasteiger charge is -2.44. The van der Waals surface area contributed by atoms with Crippen molar-refractivity contribution in [2.75, 3.05) is 6.61 Å². The molecule has 0 bridgehead atoms. The summed E-state index contributed by atoms with van der Waals surface area (Å²) in [7, 11) is 0. The summed E-state index contributed by atoms with van der Waals surface area (Å²) in [6.45, 7) is 14.1. The Labute approximate surface area is 190 Å². The smallest absolute Gasteiger partial charge is 0.0809 e. The molecule has 3 fully saturated rings. The highest BCUT2D eigenvalue weighted by Gasteiger charge is 2.51. The van der Waals surface area contributed by atoms with Crippen molar-refractivity contribution in [1.29, 1.82) is 0 Å². The maximum atomic E-state index is 10.1. The molecule has 3 unspecified atom stereocenters. The lowest BCUT2D eigenvalue weighted by atomic mass is 9.62. The fourth-order valence-corrected chi connectivity index (χ4v) is 6.71. The molecule has 0 aromatic heterocycles. The first-order valence-electron chi connectivity index (χ1n) is 12.8. The minimum Gasteiger partial charge on any atom is -0.388 e. The van der Waals surface area contributed by atoms with Crippen molar-refractivity contribution < 1.29 is 14.9 Å². The number of allylic oxidation sites excluding steroid dienone is 3. The van der Waals surface area contributed by atoms with Gasteiger partial charge in [-0.1, -0.05) is 63.5 Å². The molecule has 3 aliphatic rings. The van der Waals surface area contributed by atoms with Crippen molar-refractivity contribution in [2.45, 2.75) is 110 Å². The van der Waals surface area contributed by atoms with E-state index in [2.05, 4.69) is 46.4 Å². The fraction of sp³-hybridized carbons (Fsp3) is 0.786. The summed E-state index contributed by atoms with van der Waals surface area (Å²) in [5.41, 5.74) is 3.60. The van der Waals surface area contributed by atoms with E-state index in [4.69, 9.17) is 4.74 Å². The van der Waals surface area contributed by atoms with E-state index in [1.165, 1.54) is 51.4 Å². The van der Waals surface area contributed by atoms with Crippen LogP contribution in [0.15, 0.2) is 35.5 Å². The minimum absolute atomic E-state index is 0.330. The van der Waals surface area contributed by atoms with Crippen LogP contribution in [-0.4, -0.2) is 35.1 Å². The third kappa shape index (κ3) is 5.54. The molecule has 0 aromatic rings. The molecule has 2 N–H and O–H groups in total. The first-order valence-corrected chi connectivity index (χ1v) is 12.8. The molecular formula is C28H46O3. The fourth-order valence-electron chi connectivity index (χ4n) is 6.71. The molecule has 3 rings (SSSR count). The zero-order valence-corrected chi connectivity index (χ0v) is 20.4. The summed E-state index contributed by atoms with van der Waals surface area (Å²) in [5.74, 6) is 2.07. The predicted octanol–water partition coefficient (Wildman–Crippen LogP) is 6.36. The van der Waals surface area contributed by atoms with Crippen molar-refractivity contribution in [3.8, 4) is 0 Å². The van der Waals surface area contributed by atoms with Gasteiger partial charge in [-0.3, -0.25) is 0 Å². The molecule has 3 aliphatic carbocycles. The molecule has 3 saturated carbocycles. The van der Waals surface area contributed by atoms with Crippen LogP contribution < -0.4 is 0 Å². The third-order valence-corrected chi connectivity index (χ3v) is 8.97. The van der Waals surface area contributed by atoms with Crippen LogP contribution in [0.25, 0.3) is 0 Å². The van der Waals surface area contributed by atoms with Crippen LogP contribution in [0.3, 0.4) is 0 Å². The second-order valence-electron chi connectivity index (χ2n) is 10.7. The van der Waals surface area contributed by atoms with Crippen LogP contribution in [0.2, 0.25) is 0 Å². The van der Waals surface area contributed by atoms with Gasteiger partial charge in [0.1, 0.15) is 0 Å². The molecule has 0 radical (unpaired) electrons. The topological polar surface area (TPSA) is 49.7 Å². The van der Waals surface area contributed by atoms with E-state index in [1.807, 2.05) is 0 Å². The molecule has 0 aliphatic heterocycles. The van der Waals surface area contributed by atoms with Crippen molar-refractivity contribution in [1.82, 2.24) is 0 Å². The van der Waals surface area contributed by atoms with Gasteiger partial charge in [0.2, 0.25) is 0 Å². The van der Waals surface area contributed by atoms with Crippen molar-refractivity contribution >= 4 is 0 Å². The Morgan fingerprint density at radius 1 is 1.13 bits per heavy atom. The highest BCUT2D eigenvalue weighted by atomic mass is 16.5.